The van der Waals surface area contributed by atoms with Crippen molar-refractivity contribution in [3.8, 4) is 0 Å². The van der Waals surface area contributed by atoms with Gasteiger partial charge in [0.25, 0.3) is 0 Å². The van der Waals surface area contributed by atoms with Crippen LogP contribution >= 0.6 is 11.8 Å². The van der Waals surface area contributed by atoms with Gasteiger partial charge in [-0.05, 0) is 43.3 Å². The van der Waals surface area contributed by atoms with Crippen molar-refractivity contribution in [3.05, 3.63) is 35.1 Å². The van der Waals surface area contributed by atoms with Crippen LogP contribution < -0.4 is 0 Å². The monoisotopic (exact) mass is 378 g/mol. The molecule has 1 aliphatic heterocycles. The lowest BCUT2D eigenvalue weighted by molar-refractivity contribution is -0.139. The van der Waals surface area contributed by atoms with Crippen molar-refractivity contribution in [3.63, 3.8) is 0 Å². The molecule has 0 aromatic heterocycles. The number of alkyl halides is 3. The van der Waals surface area contributed by atoms with Crippen LogP contribution in [0.25, 0.3) is 0 Å². The van der Waals surface area contributed by atoms with E-state index in [1.165, 1.54) is 4.90 Å². The first kappa shape index (κ1) is 20.0. The molecule has 8 heteroatoms. The fraction of sp³-hybridized carbons (Fsp3) is 0.588. The predicted octanol–water partition coefficient (Wildman–Crippen LogP) is 4.01. The third-order valence-corrected chi connectivity index (χ3v) is 5.13. The van der Waals surface area contributed by atoms with E-state index in [-0.39, 0.29) is 22.6 Å². The van der Waals surface area contributed by atoms with Crippen molar-refractivity contribution in [2.75, 3.05) is 32.9 Å². The Hall–Kier alpha value is -1.28. The zero-order chi connectivity index (χ0) is 19.0. The maximum Gasteiger partial charge on any atom is 0.416 e. The summed E-state index contributed by atoms with van der Waals surface area (Å²) in [7, 11) is 3.79. The summed E-state index contributed by atoms with van der Waals surface area (Å²) in [5, 5.41) is -0.832. The van der Waals surface area contributed by atoms with Crippen LogP contribution in [-0.2, 0) is 11.0 Å². The van der Waals surface area contributed by atoms with Crippen molar-refractivity contribution >= 4 is 17.7 Å². The fourth-order valence-corrected chi connectivity index (χ4v) is 4.46. The Kier molecular flexibility index (Phi) is 5.73. The minimum atomic E-state index is -4.60. The van der Waals surface area contributed by atoms with Gasteiger partial charge in [0.1, 0.15) is 11.2 Å². The Morgan fingerprint density at radius 1 is 1.28 bits per heavy atom. The molecule has 1 saturated heterocycles. The maximum atomic E-state index is 13.6. The van der Waals surface area contributed by atoms with Gasteiger partial charge in [-0.25, -0.2) is 4.39 Å². The van der Waals surface area contributed by atoms with Gasteiger partial charge in [-0.1, -0.05) is 13.8 Å². The molecule has 1 aromatic rings. The van der Waals surface area contributed by atoms with Crippen LogP contribution in [0.4, 0.5) is 17.6 Å². The molecule has 0 radical (unpaired) electrons. The molecule has 1 amide bonds. The second-order valence-electron chi connectivity index (χ2n) is 7.32. The van der Waals surface area contributed by atoms with Gasteiger partial charge < -0.3 is 9.80 Å². The number of carbonyl (C=O) groups excluding carboxylic acids is 1. The molecule has 0 bridgehead atoms. The molecule has 0 aliphatic carbocycles. The first-order chi connectivity index (χ1) is 11.4. The van der Waals surface area contributed by atoms with E-state index in [2.05, 4.69) is 0 Å². The van der Waals surface area contributed by atoms with Crippen LogP contribution in [0.1, 0.15) is 30.3 Å². The molecular weight excluding hydrogens is 356 g/mol. The van der Waals surface area contributed by atoms with E-state index in [1.54, 1.807) is 0 Å². The maximum absolute atomic E-state index is 13.6. The molecule has 0 N–H and O–H groups in total. The number of carbonyl (C=O) groups is 1. The number of thioether (sulfide) groups is 1. The normalized spacial score (nSPS) is 19.2. The van der Waals surface area contributed by atoms with Crippen LogP contribution in [0.2, 0.25) is 0 Å². The van der Waals surface area contributed by atoms with E-state index in [0.717, 1.165) is 30.0 Å². The fourth-order valence-electron chi connectivity index (χ4n) is 3.25. The quantitative estimate of drug-likeness (QED) is 0.724. The van der Waals surface area contributed by atoms with Gasteiger partial charge in [-0.3, -0.25) is 4.79 Å². The van der Waals surface area contributed by atoms with E-state index >= 15 is 0 Å². The van der Waals surface area contributed by atoms with Crippen LogP contribution in [0, 0.1) is 11.2 Å². The molecule has 0 saturated carbocycles. The molecular formula is C17H22F4N2OS. The Morgan fingerprint density at radius 3 is 2.48 bits per heavy atom. The van der Waals surface area contributed by atoms with Gasteiger partial charge in [0.2, 0.25) is 5.91 Å². The lowest BCUT2D eigenvalue weighted by Gasteiger charge is -2.35. The number of benzene rings is 1. The second kappa shape index (κ2) is 7.15. The average Bonchev–Trinajstić information content (AvgIpc) is 2.76. The molecule has 1 aliphatic rings. The Balaban J connectivity index is 2.38. The van der Waals surface area contributed by atoms with E-state index in [9.17, 15) is 22.4 Å². The first-order valence-corrected chi connectivity index (χ1v) is 8.88. The van der Waals surface area contributed by atoms with E-state index in [4.69, 9.17) is 0 Å². The van der Waals surface area contributed by atoms with Gasteiger partial charge >= 0.3 is 6.18 Å². The van der Waals surface area contributed by atoms with Crippen LogP contribution in [0.5, 0.6) is 0 Å². The third-order valence-electron chi connectivity index (χ3n) is 3.90. The predicted molar refractivity (Wildman–Crippen MR) is 90.6 cm³/mol. The highest BCUT2D eigenvalue weighted by Crippen LogP contribution is 2.45. The van der Waals surface area contributed by atoms with Gasteiger partial charge in [0, 0.05) is 13.1 Å². The Labute approximate surface area is 149 Å². The Morgan fingerprint density at radius 2 is 1.92 bits per heavy atom. The summed E-state index contributed by atoms with van der Waals surface area (Å²) in [5.74, 6) is -0.869. The van der Waals surface area contributed by atoms with E-state index in [1.807, 2.05) is 32.8 Å². The molecule has 1 aromatic carbocycles. The number of nitrogens with zero attached hydrogens (tertiary/aromatic N) is 2. The summed E-state index contributed by atoms with van der Waals surface area (Å²) in [5.41, 5.74) is -1.39. The molecule has 140 valence electrons. The summed E-state index contributed by atoms with van der Waals surface area (Å²) in [6.07, 6.45) is -4.60. The van der Waals surface area contributed by atoms with Crippen molar-refractivity contribution in [2.45, 2.75) is 25.4 Å². The SMILES string of the molecule is CN(C)CC(C)(C)CN1C(=O)CSC1c1cc(F)ccc1C(F)(F)F. The number of hydrogen-bond acceptors (Lipinski definition) is 3. The largest absolute Gasteiger partial charge is 0.416 e. The minimum Gasteiger partial charge on any atom is -0.325 e. The number of hydrogen-bond donors (Lipinski definition) is 0. The zero-order valence-electron chi connectivity index (χ0n) is 14.7. The third kappa shape index (κ3) is 4.88. The van der Waals surface area contributed by atoms with Gasteiger partial charge in [-0.2, -0.15) is 13.2 Å². The van der Waals surface area contributed by atoms with Crippen molar-refractivity contribution in [1.82, 2.24) is 9.80 Å². The Bertz CT molecular complexity index is 646. The van der Waals surface area contributed by atoms with Gasteiger partial charge in [0.15, 0.2) is 0 Å². The van der Waals surface area contributed by atoms with Crippen LogP contribution in [-0.4, -0.2) is 48.6 Å². The minimum absolute atomic E-state index is 0.0938. The molecule has 1 unspecified atom stereocenters. The highest BCUT2D eigenvalue weighted by molar-refractivity contribution is 8.00. The molecule has 1 fully saturated rings. The molecule has 1 heterocycles. The van der Waals surface area contributed by atoms with Crippen LogP contribution in [0.15, 0.2) is 18.2 Å². The van der Waals surface area contributed by atoms with Crippen molar-refractivity contribution in [1.29, 1.82) is 0 Å². The number of rotatable bonds is 5. The standard InChI is InChI=1S/C17H22F4N2OS/c1-16(2,9-22(3)4)10-23-14(24)8-25-15(23)12-7-11(18)5-6-13(12)17(19,20)21/h5-7,15H,8-10H2,1-4H3. The lowest BCUT2D eigenvalue weighted by Crippen LogP contribution is -2.42. The van der Waals surface area contributed by atoms with Gasteiger partial charge in [-0.15, -0.1) is 11.8 Å². The summed E-state index contributed by atoms with van der Waals surface area (Å²) < 4.78 is 53.6. The molecule has 2 rings (SSSR count). The first-order valence-electron chi connectivity index (χ1n) is 7.83. The van der Waals surface area contributed by atoms with Crippen molar-refractivity contribution in [2.24, 2.45) is 5.41 Å². The highest BCUT2D eigenvalue weighted by atomic mass is 32.2. The number of halogens is 4. The summed E-state index contributed by atoms with van der Waals surface area (Å²) in [4.78, 5) is 15.7. The second-order valence-corrected chi connectivity index (χ2v) is 8.38. The summed E-state index contributed by atoms with van der Waals surface area (Å²) in [6.45, 7) is 4.88. The lowest BCUT2D eigenvalue weighted by atomic mass is 9.91. The number of amides is 1. The van der Waals surface area contributed by atoms with Crippen LogP contribution in [0.3, 0.4) is 0 Å². The van der Waals surface area contributed by atoms with Gasteiger partial charge in [0.05, 0.1) is 11.3 Å². The smallest absolute Gasteiger partial charge is 0.325 e. The van der Waals surface area contributed by atoms with E-state index in [0.29, 0.717) is 13.1 Å². The topological polar surface area (TPSA) is 23.6 Å². The molecule has 3 nitrogen and oxygen atoms in total. The molecule has 1 atom stereocenters. The molecule has 0 spiro atoms. The average molecular weight is 378 g/mol. The van der Waals surface area contributed by atoms with Crippen molar-refractivity contribution < 1.29 is 22.4 Å². The van der Waals surface area contributed by atoms with E-state index < -0.39 is 22.9 Å². The molecule has 25 heavy (non-hydrogen) atoms. The summed E-state index contributed by atoms with van der Waals surface area (Å²) >= 11 is 1.11. The zero-order valence-corrected chi connectivity index (χ0v) is 15.5. The highest BCUT2D eigenvalue weighted by Gasteiger charge is 2.42. The summed E-state index contributed by atoms with van der Waals surface area (Å²) in [6, 6.07) is 2.44.